The molecule has 0 bridgehead atoms. The molecule has 2 rings (SSSR count). The molecule has 1 heterocycles. The molecule has 0 aromatic heterocycles. The summed E-state index contributed by atoms with van der Waals surface area (Å²) < 4.78 is 21.0. The minimum atomic E-state index is -0.543. The second-order valence-electron chi connectivity index (χ2n) is 6.12. The minimum Gasteiger partial charge on any atom is -0.493 e. The zero-order valence-electron chi connectivity index (χ0n) is 16.9. The summed E-state index contributed by atoms with van der Waals surface area (Å²) in [5, 5.41) is 2.75. The molecule has 0 saturated carbocycles. The van der Waals surface area contributed by atoms with E-state index < -0.39 is 6.04 Å². The summed E-state index contributed by atoms with van der Waals surface area (Å²) >= 11 is 1.60. The number of benzene rings is 1. The van der Waals surface area contributed by atoms with E-state index in [1.807, 2.05) is 6.92 Å². The monoisotopic (exact) mass is 412 g/mol. The molecule has 1 aliphatic rings. The summed E-state index contributed by atoms with van der Waals surface area (Å²) in [6.45, 7) is 2.82. The second kappa shape index (κ2) is 10.4. The lowest BCUT2D eigenvalue weighted by Gasteiger charge is -2.28. The molecule has 1 N–H and O–H groups in total. The number of ether oxygens (including phenoxy) is 4. The van der Waals surface area contributed by atoms with Crippen molar-refractivity contribution in [3.8, 4) is 17.2 Å². The molecular formula is C19H28N2O6S. The van der Waals surface area contributed by atoms with Gasteiger partial charge in [0.05, 0.1) is 33.3 Å². The fraction of sp³-hybridized carbons (Fsp3) is 0.579. The lowest BCUT2D eigenvalue weighted by Crippen LogP contribution is -2.50. The van der Waals surface area contributed by atoms with Gasteiger partial charge in [-0.1, -0.05) is 6.92 Å². The van der Waals surface area contributed by atoms with Gasteiger partial charge in [-0.2, -0.15) is 0 Å². The molecule has 1 fully saturated rings. The maximum atomic E-state index is 13.4. The highest BCUT2D eigenvalue weighted by Crippen LogP contribution is 2.40. The van der Waals surface area contributed by atoms with Crippen molar-refractivity contribution in [3.05, 3.63) is 17.7 Å². The predicted octanol–water partition coefficient (Wildman–Crippen LogP) is 1.77. The van der Waals surface area contributed by atoms with Crippen molar-refractivity contribution >= 4 is 23.6 Å². The van der Waals surface area contributed by atoms with E-state index in [2.05, 4.69) is 5.32 Å². The SMILES string of the molecule is CC[C@H]1SC[C@@H](C(=O)NCCOC)N1C(=O)c1cc(OC)c(OC)c(OC)c1. The first-order chi connectivity index (χ1) is 13.5. The third-order valence-corrected chi connectivity index (χ3v) is 5.95. The average Bonchev–Trinajstić information content (AvgIpc) is 3.16. The van der Waals surface area contributed by atoms with E-state index >= 15 is 0 Å². The Morgan fingerprint density at radius 3 is 2.29 bits per heavy atom. The van der Waals surface area contributed by atoms with Crippen LogP contribution in [0, 0.1) is 0 Å². The Morgan fingerprint density at radius 1 is 1.14 bits per heavy atom. The normalized spacial score (nSPS) is 18.7. The van der Waals surface area contributed by atoms with E-state index in [0.29, 0.717) is 41.7 Å². The summed E-state index contributed by atoms with van der Waals surface area (Å²) in [5.41, 5.74) is 0.380. The smallest absolute Gasteiger partial charge is 0.255 e. The average molecular weight is 413 g/mol. The maximum absolute atomic E-state index is 13.4. The molecule has 8 nitrogen and oxygen atoms in total. The fourth-order valence-corrected chi connectivity index (χ4v) is 4.46. The fourth-order valence-electron chi connectivity index (χ4n) is 3.10. The molecule has 2 amide bonds. The summed E-state index contributed by atoms with van der Waals surface area (Å²) in [7, 11) is 6.08. The van der Waals surface area contributed by atoms with Gasteiger partial charge in [0.15, 0.2) is 11.5 Å². The van der Waals surface area contributed by atoms with Crippen LogP contribution in [0.1, 0.15) is 23.7 Å². The third-order valence-electron chi connectivity index (χ3n) is 4.50. The topological polar surface area (TPSA) is 86.3 Å². The van der Waals surface area contributed by atoms with E-state index in [9.17, 15) is 9.59 Å². The third kappa shape index (κ3) is 4.64. The number of carbonyl (C=O) groups excluding carboxylic acids is 2. The Morgan fingerprint density at radius 2 is 1.79 bits per heavy atom. The molecule has 156 valence electrons. The van der Waals surface area contributed by atoms with Gasteiger partial charge in [-0.05, 0) is 18.6 Å². The molecule has 0 unspecified atom stereocenters. The van der Waals surface area contributed by atoms with Crippen molar-refractivity contribution in [2.75, 3.05) is 47.3 Å². The van der Waals surface area contributed by atoms with Gasteiger partial charge >= 0.3 is 0 Å². The van der Waals surface area contributed by atoms with Crippen molar-refractivity contribution in [1.82, 2.24) is 10.2 Å². The minimum absolute atomic E-state index is 0.0789. The molecule has 0 radical (unpaired) electrons. The van der Waals surface area contributed by atoms with Gasteiger partial charge in [-0.3, -0.25) is 9.59 Å². The van der Waals surface area contributed by atoms with E-state index in [4.69, 9.17) is 18.9 Å². The number of rotatable bonds is 9. The highest BCUT2D eigenvalue weighted by atomic mass is 32.2. The van der Waals surface area contributed by atoms with Crippen LogP contribution >= 0.6 is 11.8 Å². The van der Waals surface area contributed by atoms with E-state index in [1.54, 1.807) is 35.9 Å². The zero-order chi connectivity index (χ0) is 20.7. The number of hydrogen-bond donors (Lipinski definition) is 1. The molecule has 1 aliphatic heterocycles. The Hall–Kier alpha value is -2.13. The zero-order valence-corrected chi connectivity index (χ0v) is 17.8. The molecule has 0 spiro atoms. The summed E-state index contributed by atoms with van der Waals surface area (Å²) in [5.74, 6) is 1.33. The molecule has 28 heavy (non-hydrogen) atoms. The number of nitrogens with zero attached hydrogens (tertiary/aromatic N) is 1. The van der Waals surface area contributed by atoms with Crippen LogP contribution in [-0.2, 0) is 9.53 Å². The first-order valence-corrected chi connectivity index (χ1v) is 10.1. The molecule has 1 aromatic carbocycles. The highest BCUT2D eigenvalue weighted by Gasteiger charge is 2.41. The number of carbonyl (C=O) groups is 2. The lowest BCUT2D eigenvalue weighted by atomic mass is 10.1. The van der Waals surface area contributed by atoms with Gasteiger partial charge in [0, 0.05) is 25.0 Å². The largest absolute Gasteiger partial charge is 0.493 e. The number of methoxy groups -OCH3 is 4. The van der Waals surface area contributed by atoms with Gasteiger partial charge in [0.1, 0.15) is 6.04 Å². The summed E-state index contributed by atoms with van der Waals surface area (Å²) in [6, 6.07) is 2.68. The van der Waals surface area contributed by atoms with Crippen LogP contribution in [0.25, 0.3) is 0 Å². The van der Waals surface area contributed by atoms with Crippen LogP contribution in [0.5, 0.6) is 17.2 Å². The van der Waals surface area contributed by atoms with Crippen molar-refractivity contribution in [2.24, 2.45) is 0 Å². The molecule has 1 aromatic rings. The molecule has 0 aliphatic carbocycles. The Balaban J connectivity index is 2.34. The summed E-state index contributed by atoms with van der Waals surface area (Å²) in [4.78, 5) is 27.6. The van der Waals surface area contributed by atoms with Crippen LogP contribution in [0.3, 0.4) is 0 Å². The number of amides is 2. The van der Waals surface area contributed by atoms with Crippen LogP contribution < -0.4 is 19.5 Å². The van der Waals surface area contributed by atoms with Crippen molar-refractivity contribution in [2.45, 2.75) is 24.8 Å². The number of thioether (sulfide) groups is 1. The van der Waals surface area contributed by atoms with Crippen LogP contribution in [0.15, 0.2) is 12.1 Å². The van der Waals surface area contributed by atoms with Gasteiger partial charge in [-0.15, -0.1) is 11.8 Å². The molecular weight excluding hydrogens is 384 g/mol. The standard InChI is InChI=1S/C19H28N2O6S/c1-6-16-21(13(11-28-16)18(22)20-7-8-24-2)19(23)12-9-14(25-3)17(27-5)15(10-12)26-4/h9-10,13,16H,6-8,11H2,1-5H3,(H,20,22)/t13-,16+/m0/s1. The van der Waals surface area contributed by atoms with Crippen molar-refractivity contribution in [1.29, 1.82) is 0 Å². The van der Waals surface area contributed by atoms with Gasteiger partial charge in [-0.25, -0.2) is 0 Å². The van der Waals surface area contributed by atoms with E-state index in [0.717, 1.165) is 6.42 Å². The van der Waals surface area contributed by atoms with Crippen LogP contribution in [0.2, 0.25) is 0 Å². The predicted molar refractivity (Wildman–Crippen MR) is 107 cm³/mol. The van der Waals surface area contributed by atoms with Crippen LogP contribution in [0.4, 0.5) is 0 Å². The highest BCUT2D eigenvalue weighted by molar-refractivity contribution is 8.00. The molecule has 2 atom stereocenters. The van der Waals surface area contributed by atoms with E-state index in [1.165, 1.54) is 21.3 Å². The van der Waals surface area contributed by atoms with Gasteiger partial charge in [0.25, 0.3) is 5.91 Å². The van der Waals surface area contributed by atoms with Gasteiger partial charge < -0.3 is 29.2 Å². The first kappa shape index (κ1) is 22.2. The Bertz CT molecular complexity index is 674. The van der Waals surface area contributed by atoms with Crippen molar-refractivity contribution in [3.63, 3.8) is 0 Å². The lowest BCUT2D eigenvalue weighted by molar-refractivity contribution is -0.125. The Kier molecular flexibility index (Phi) is 8.25. The number of nitrogens with one attached hydrogen (secondary N) is 1. The van der Waals surface area contributed by atoms with Gasteiger partial charge in [0.2, 0.25) is 11.7 Å². The first-order valence-electron chi connectivity index (χ1n) is 9.03. The van der Waals surface area contributed by atoms with E-state index in [-0.39, 0.29) is 17.2 Å². The van der Waals surface area contributed by atoms with Crippen molar-refractivity contribution < 1.29 is 28.5 Å². The Labute approximate surface area is 169 Å². The molecule has 1 saturated heterocycles. The quantitative estimate of drug-likeness (QED) is 0.619. The second-order valence-corrected chi connectivity index (χ2v) is 7.33. The number of hydrogen-bond acceptors (Lipinski definition) is 7. The van der Waals surface area contributed by atoms with Crippen LogP contribution in [-0.4, -0.2) is 75.5 Å². The summed E-state index contributed by atoms with van der Waals surface area (Å²) in [6.07, 6.45) is 0.739. The molecule has 9 heteroatoms. The maximum Gasteiger partial charge on any atom is 0.255 e.